The third-order valence-corrected chi connectivity index (χ3v) is 3.83. The minimum absolute atomic E-state index is 0.0496. The molecule has 5 nitrogen and oxygen atoms in total. The van der Waals surface area contributed by atoms with Crippen molar-refractivity contribution < 1.29 is 14.3 Å². The zero-order valence-corrected chi connectivity index (χ0v) is 16.1. The first-order chi connectivity index (χ1) is 11.5. The second kappa shape index (κ2) is 8.70. The van der Waals surface area contributed by atoms with E-state index in [1.165, 1.54) is 0 Å². The van der Waals surface area contributed by atoms with Crippen LogP contribution >= 0.6 is 0 Å². The van der Waals surface area contributed by atoms with Crippen LogP contribution in [-0.4, -0.2) is 17.6 Å². The minimum atomic E-state index is -0.549. The average Bonchev–Trinajstić information content (AvgIpc) is 2.47. The highest BCUT2D eigenvalue weighted by molar-refractivity contribution is 5.93. The Morgan fingerprint density at radius 1 is 1.04 bits per heavy atom. The van der Waals surface area contributed by atoms with E-state index in [1.807, 2.05) is 13.0 Å². The molecule has 0 aliphatic carbocycles. The van der Waals surface area contributed by atoms with Gasteiger partial charge in [-0.15, -0.1) is 6.58 Å². The lowest BCUT2D eigenvalue weighted by Gasteiger charge is -2.23. The fourth-order valence-electron chi connectivity index (χ4n) is 2.54. The highest BCUT2D eigenvalue weighted by atomic mass is 16.6. The number of anilines is 2. The molecule has 0 saturated heterocycles. The number of nitrogens with one attached hydrogen (secondary N) is 2. The summed E-state index contributed by atoms with van der Waals surface area (Å²) < 4.78 is 5.20. The fraction of sp³-hybridized carbons (Fsp3) is 0.500. The van der Waals surface area contributed by atoms with Gasteiger partial charge in [-0.1, -0.05) is 26.8 Å². The predicted molar refractivity (Wildman–Crippen MR) is 103 cm³/mol. The summed E-state index contributed by atoms with van der Waals surface area (Å²) in [6, 6.07) is 6.93. The second-order valence-electron chi connectivity index (χ2n) is 7.54. The number of carbonyl (C=O) groups is 2. The average molecular weight is 346 g/mol. The maximum atomic E-state index is 12.4. The molecule has 0 bridgehead atoms. The summed E-state index contributed by atoms with van der Waals surface area (Å²) in [5.41, 5.74) is 0.733. The normalized spacial score (nSPS) is 13.7. The van der Waals surface area contributed by atoms with Gasteiger partial charge in [0.2, 0.25) is 5.91 Å². The van der Waals surface area contributed by atoms with E-state index in [-0.39, 0.29) is 17.7 Å². The summed E-state index contributed by atoms with van der Waals surface area (Å²) in [5, 5.41) is 5.56. The Kier molecular flexibility index (Phi) is 7.22. The highest BCUT2D eigenvalue weighted by Crippen LogP contribution is 2.24. The summed E-state index contributed by atoms with van der Waals surface area (Å²) in [7, 11) is 0. The quantitative estimate of drug-likeness (QED) is 0.707. The molecule has 1 aromatic carbocycles. The minimum Gasteiger partial charge on any atom is -0.444 e. The molecule has 0 radical (unpaired) electrons. The molecule has 2 N–H and O–H groups in total. The molecule has 0 fully saturated rings. The Hall–Kier alpha value is -2.30. The van der Waals surface area contributed by atoms with Gasteiger partial charge in [0.1, 0.15) is 5.60 Å². The zero-order chi connectivity index (χ0) is 19.2. The molecule has 25 heavy (non-hydrogen) atoms. The molecule has 2 amide bonds. The summed E-state index contributed by atoms with van der Waals surface area (Å²) in [4.78, 5) is 24.1. The van der Waals surface area contributed by atoms with Gasteiger partial charge in [-0.25, -0.2) is 4.79 Å². The molecule has 0 aliphatic heterocycles. The maximum absolute atomic E-state index is 12.4. The fourth-order valence-corrected chi connectivity index (χ4v) is 2.54. The van der Waals surface area contributed by atoms with Gasteiger partial charge in [-0.2, -0.15) is 0 Å². The molecule has 0 spiro atoms. The van der Waals surface area contributed by atoms with Crippen LogP contribution in [0.2, 0.25) is 0 Å². The predicted octanol–water partition coefficient (Wildman–Crippen LogP) is 5.07. The van der Waals surface area contributed by atoms with Crippen molar-refractivity contribution >= 4 is 23.4 Å². The van der Waals surface area contributed by atoms with Gasteiger partial charge in [0.15, 0.2) is 0 Å². The van der Waals surface area contributed by atoms with Crippen LogP contribution in [0, 0.1) is 17.8 Å². The third kappa shape index (κ3) is 6.99. The summed E-state index contributed by atoms with van der Waals surface area (Å²) in [5.74, 6) is 0.246. The lowest BCUT2D eigenvalue weighted by Crippen LogP contribution is -2.28. The Morgan fingerprint density at radius 3 is 1.92 bits per heavy atom. The number of carbonyl (C=O) groups excluding carboxylic acids is 2. The largest absolute Gasteiger partial charge is 0.444 e. The van der Waals surface area contributed by atoms with Crippen LogP contribution < -0.4 is 10.6 Å². The first-order valence-corrected chi connectivity index (χ1v) is 8.57. The number of rotatable bonds is 6. The van der Waals surface area contributed by atoms with E-state index in [9.17, 15) is 9.59 Å². The number of amides is 2. The van der Waals surface area contributed by atoms with E-state index >= 15 is 0 Å². The third-order valence-electron chi connectivity index (χ3n) is 3.83. The van der Waals surface area contributed by atoms with E-state index in [1.54, 1.807) is 45.0 Å². The van der Waals surface area contributed by atoms with Gasteiger partial charge in [0.25, 0.3) is 0 Å². The van der Waals surface area contributed by atoms with Gasteiger partial charge in [0, 0.05) is 17.3 Å². The standard InChI is InChI=1S/C20H30N2O3/c1-8-17(13(2)3)14(4)18(23)21-15-9-11-16(12-10-15)22-19(24)25-20(5,6)7/h8-14,17H,1H2,2-7H3,(H,21,23)(H,22,24)/t14-,17?/m0/s1. The SMILES string of the molecule is C=CC(C(C)C)[C@H](C)C(=O)Nc1ccc(NC(=O)OC(C)(C)C)cc1. The van der Waals surface area contributed by atoms with Crippen LogP contribution in [0.3, 0.4) is 0 Å². The number of hydrogen-bond acceptors (Lipinski definition) is 3. The molecule has 2 atom stereocenters. The monoisotopic (exact) mass is 346 g/mol. The molecule has 0 saturated carbocycles. The van der Waals surface area contributed by atoms with E-state index in [0.29, 0.717) is 17.3 Å². The van der Waals surface area contributed by atoms with Crippen LogP contribution in [0.4, 0.5) is 16.2 Å². The molecule has 1 aromatic rings. The van der Waals surface area contributed by atoms with E-state index in [4.69, 9.17) is 4.74 Å². The van der Waals surface area contributed by atoms with Crippen molar-refractivity contribution in [3.8, 4) is 0 Å². The summed E-state index contributed by atoms with van der Waals surface area (Å²) in [6.45, 7) is 15.3. The van der Waals surface area contributed by atoms with Crippen LogP contribution in [0.5, 0.6) is 0 Å². The zero-order valence-electron chi connectivity index (χ0n) is 16.1. The maximum Gasteiger partial charge on any atom is 0.412 e. The van der Waals surface area contributed by atoms with Crippen molar-refractivity contribution in [2.75, 3.05) is 10.6 Å². The van der Waals surface area contributed by atoms with Gasteiger partial charge < -0.3 is 10.1 Å². The van der Waals surface area contributed by atoms with Gasteiger partial charge >= 0.3 is 6.09 Å². The number of allylic oxidation sites excluding steroid dienone is 1. The van der Waals surface area contributed by atoms with Crippen molar-refractivity contribution in [2.24, 2.45) is 17.8 Å². The van der Waals surface area contributed by atoms with Gasteiger partial charge in [-0.05, 0) is 56.9 Å². The molecule has 5 heteroatoms. The first-order valence-electron chi connectivity index (χ1n) is 8.57. The molecule has 1 unspecified atom stereocenters. The summed E-state index contributed by atoms with van der Waals surface area (Å²) in [6.07, 6.45) is 1.33. The molecular weight excluding hydrogens is 316 g/mol. The molecule has 1 rings (SSSR count). The van der Waals surface area contributed by atoms with Crippen molar-refractivity contribution in [1.82, 2.24) is 0 Å². The van der Waals surface area contributed by atoms with Crippen molar-refractivity contribution in [3.05, 3.63) is 36.9 Å². The molecule has 0 aromatic heterocycles. The topological polar surface area (TPSA) is 67.4 Å². The van der Waals surface area contributed by atoms with Crippen molar-refractivity contribution in [2.45, 2.75) is 47.1 Å². The van der Waals surface area contributed by atoms with Gasteiger partial charge in [-0.3, -0.25) is 10.1 Å². The van der Waals surface area contributed by atoms with E-state index in [0.717, 1.165) is 0 Å². The molecule has 0 aliphatic rings. The van der Waals surface area contributed by atoms with Crippen molar-refractivity contribution in [1.29, 1.82) is 0 Å². The van der Waals surface area contributed by atoms with Crippen molar-refractivity contribution in [3.63, 3.8) is 0 Å². The van der Waals surface area contributed by atoms with E-state index in [2.05, 4.69) is 31.1 Å². The Balaban J connectivity index is 2.66. The van der Waals surface area contributed by atoms with Crippen LogP contribution in [0.1, 0.15) is 41.5 Å². The lowest BCUT2D eigenvalue weighted by molar-refractivity contribution is -0.120. The smallest absolute Gasteiger partial charge is 0.412 e. The van der Waals surface area contributed by atoms with Crippen LogP contribution in [0.25, 0.3) is 0 Å². The lowest BCUT2D eigenvalue weighted by atomic mass is 9.84. The highest BCUT2D eigenvalue weighted by Gasteiger charge is 2.24. The Morgan fingerprint density at radius 2 is 1.52 bits per heavy atom. The van der Waals surface area contributed by atoms with E-state index < -0.39 is 11.7 Å². The van der Waals surface area contributed by atoms with Crippen LogP contribution in [-0.2, 0) is 9.53 Å². The Labute approximate surface area is 150 Å². The molecule has 0 heterocycles. The number of ether oxygens (including phenoxy) is 1. The molecule has 138 valence electrons. The second-order valence-corrected chi connectivity index (χ2v) is 7.54. The number of hydrogen-bond donors (Lipinski definition) is 2. The first kappa shape index (κ1) is 20.7. The molecular formula is C20H30N2O3. The summed E-state index contributed by atoms with van der Waals surface area (Å²) >= 11 is 0. The number of benzene rings is 1. The van der Waals surface area contributed by atoms with Gasteiger partial charge in [0.05, 0.1) is 0 Å². The van der Waals surface area contributed by atoms with Crippen LogP contribution in [0.15, 0.2) is 36.9 Å². The Bertz CT molecular complexity index is 600.